The fourth-order valence-corrected chi connectivity index (χ4v) is 4.30. The van der Waals surface area contributed by atoms with Crippen LogP contribution in [0.2, 0.25) is 0 Å². The third-order valence-electron chi connectivity index (χ3n) is 3.96. The third-order valence-corrected chi connectivity index (χ3v) is 6.40. The molecule has 0 radical (unpaired) electrons. The normalized spacial score (nSPS) is 17.4. The van der Waals surface area contributed by atoms with E-state index in [0.717, 1.165) is 4.47 Å². The lowest BCUT2D eigenvalue weighted by atomic mass is 9.97. The molecule has 23 heavy (non-hydrogen) atoms. The number of amides is 1. The molecule has 1 fully saturated rings. The largest absolute Gasteiger partial charge is 0.356 e. The van der Waals surface area contributed by atoms with E-state index < -0.39 is 10.0 Å². The number of benzene rings is 1. The molecule has 0 saturated carbocycles. The van der Waals surface area contributed by atoms with Crippen molar-refractivity contribution in [3.8, 4) is 0 Å². The smallest absolute Gasteiger partial charge is 0.243 e. The lowest BCUT2D eigenvalue weighted by Gasteiger charge is -2.30. The van der Waals surface area contributed by atoms with Crippen molar-refractivity contribution in [2.24, 2.45) is 11.8 Å². The van der Waals surface area contributed by atoms with Crippen LogP contribution in [0.15, 0.2) is 33.6 Å². The maximum Gasteiger partial charge on any atom is 0.243 e. The molecule has 2 rings (SSSR count). The zero-order chi connectivity index (χ0) is 17.0. The molecular weight excluding hydrogens is 380 g/mol. The third kappa shape index (κ3) is 4.78. The van der Waals surface area contributed by atoms with E-state index in [2.05, 4.69) is 21.2 Å². The van der Waals surface area contributed by atoms with E-state index in [1.54, 1.807) is 24.3 Å². The Labute approximate surface area is 146 Å². The number of sulfonamides is 1. The Bertz CT molecular complexity index is 636. The minimum atomic E-state index is -3.47. The Balaban J connectivity index is 1.95. The van der Waals surface area contributed by atoms with E-state index in [1.807, 2.05) is 13.8 Å². The summed E-state index contributed by atoms with van der Waals surface area (Å²) in [6.07, 6.45) is 1.14. The highest BCUT2D eigenvalue weighted by Crippen LogP contribution is 2.25. The molecule has 1 aliphatic rings. The number of hydrogen-bond donors (Lipinski definition) is 1. The molecule has 0 bridgehead atoms. The Kier molecular flexibility index (Phi) is 6.22. The van der Waals surface area contributed by atoms with Crippen LogP contribution in [0.25, 0.3) is 0 Å². The first-order chi connectivity index (χ1) is 10.8. The number of rotatable bonds is 5. The summed E-state index contributed by atoms with van der Waals surface area (Å²) in [4.78, 5) is 12.4. The molecule has 0 atom stereocenters. The summed E-state index contributed by atoms with van der Waals surface area (Å²) in [5, 5.41) is 2.93. The summed E-state index contributed by atoms with van der Waals surface area (Å²) in [6, 6.07) is 6.64. The molecule has 1 saturated heterocycles. The van der Waals surface area contributed by atoms with Crippen molar-refractivity contribution in [1.29, 1.82) is 0 Å². The molecule has 1 aromatic carbocycles. The Morgan fingerprint density at radius 3 is 2.35 bits per heavy atom. The Morgan fingerprint density at radius 1 is 1.26 bits per heavy atom. The number of piperidine rings is 1. The highest BCUT2D eigenvalue weighted by molar-refractivity contribution is 9.10. The van der Waals surface area contributed by atoms with E-state index >= 15 is 0 Å². The molecule has 1 N–H and O–H groups in total. The summed E-state index contributed by atoms with van der Waals surface area (Å²) in [7, 11) is -3.47. The molecule has 1 amide bonds. The van der Waals surface area contributed by atoms with Gasteiger partial charge in [-0.1, -0.05) is 29.8 Å². The van der Waals surface area contributed by atoms with E-state index in [9.17, 15) is 13.2 Å². The van der Waals surface area contributed by atoms with Gasteiger partial charge in [0.2, 0.25) is 15.9 Å². The summed E-state index contributed by atoms with van der Waals surface area (Å²) < 4.78 is 27.5. The van der Waals surface area contributed by atoms with Crippen LogP contribution in [0, 0.1) is 11.8 Å². The number of carbonyl (C=O) groups is 1. The van der Waals surface area contributed by atoms with E-state index in [0.29, 0.717) is 43.3 Å². The molecule has 7 heteroatoms. The maximum absolute atomic E-state index is 12.6. The van der Waals surface area contributed by atoms with Gasteiger partial charge in [-0.3, -0.25) is 4.79 Å². The molecular formula is C16H23BrN2O3S. The fourth-order valence-electron chi connectivity index (χ4n) is 2.56. The second-order valence-electron chi connectivity index (χ2n) is 6.27. The first-order valence-electron chi connectivity index (χ1n) is 7.84. The summed E-state index contributed by atoms with van der Waals surface area (Å²) in [6.45, 7) is 5.54. The highest BCUT2D eigenvalue weighted by Gasteiger charge is 2.31. The second kappa shape index (κ2) is 7.77. The zero-order valence-corrected chi connectivity index (χ0v) is 15.9. The molecule has 0 spiro atoms. The van der Waals surface area contributed by atoms with Crippen molar-refractivity contribution in [2.75, 3.05) is 19.6 Å². The molecule has 1 aliphatic heterocycles. The first-order valence-corrected chi connectivity index (χ1v) is 10.1. The van der Waals surface area contributed by atoms with Gasteiger partial charge in [0.1, 0.15) is 0 Å². The minimum Gasteiger partial charge on any atom is -0.356 e. The quantitative estimate of drug-likeness (QED) is 0.822. The van der Waals surface area contributed by atoms with Crippen molar-refractivity contribution >= 4 is 31.9 Å². The first kappa shape index (κ1) is 18.4. The van der Waals surface area contributed by atoms with Crippen molar-refractivity contribution in [1.82, 2.24) is 9.62 Å². The lowest BCUT2D eigenvalue weighted by Crippen LogP contribution is -2.43. The van der Waals surface area contributed by atoms with Crippen molar-refractivity contribution in [2.45, 2.75) is 31.6 Å². The van der Waals surface area contributed by atoms with Gasteiger partial charge in [-0.15, -0.1) is 0 Å². The van der Waals surface area contributed by atoms with Crippen LogP contribution >= 0.6 is 15.9 Å². The number of carbonyl (C=O) groups excluding carboxylic acids is 1. The van der Waals surface area contributed by atoms with Crippen molar-refractivity contribution in [3.05, 3.63) is 28.7 Å². The standard InChI is InChI=1S/C16H23BrN2O3S/c1-12(2)11-18-16(20)13-7-9-19(10-8-13)23(21,22)15-5-3-14(17)4-6-15/h3-6,12-13H,7-11H2,1-2H3,(H,18,20). The van der Waals surface area contributed by atoms with Gasteiger partial charge in [-0.05, 0) is 43.0 Å². The average Bonchev–Trinajstić information content (AvgIpc) is 2.53. The number of nitrogens with zero attached hydrogens (tertiary/aromatic N) is 1. The highest BCUT2D eigenvalue weighted by atomic mass is 79.9. The Morgan fingerprint density at radius 2 is 1.83 bits per heavy atom. The predicted molar refractivity (Wildman–Crippen MR) is 93.5 cm³/mol. The number of hydrogen-bond acceptors (Lipinski definition) is 3. The molecule has 5 nitrogen and oxygen atoms in total. The molecule has 0 aliphatic carbocycles. The Hall–Kier alpha value is -0.920. The van der Waals surface area contributed by atoms with Crippen LogP contribution < -0.4 is 5.32 Å². The van der Waals surface area contributed by atoms with Crippen LogP contribution in [0.4, 0.5) is 0 Å². The monoisotopic (exact) mass is 402 g/mol. The fraction of sp³-hybridized carbons (Fsp3) is 0.562. The van der Waals surface area contributed by atoms with Gasteiger partial charge in [0.05, 0.1) is 4.90 Å². The van der Waals surface area contributed by atoms with E-state index in [-0.39, 0.29) is 11.8 Å². The molecule has 0 unspecified atom stereocenters. The van der Waals surface area contributed by atoms with Crippen molar-refractivity contribution in [3.63, 3.8) is 0 Å². The SMILES string of the molecule is CC(C)CNC(=O)C1CCN(S(=O)(=O)c2ccc(Br)cc2)CC1. The van der Waals surface area contributed by atoms with Crippen LogP contribution in [-0.4, -0.2) is 38.3 Å². The van der Waals surface area contributed by atoms with Gasteiger partial charge in [-0.2, -0.15) is 4.31 Å². The second-order valence-corrected chi connectivity index (χ2v) is 9.12. The van der Waals surface area contributed by atoms with Crippen LogP contribution in [0.5, 0.6) is 0 Å². The van der Waals surface area contributed by atoms with Crippen molar-refractivity contribution < 1.29 is 13.2 Å². The number of nitrogens with one attached hydrogen (secondary N) is 1. The van der Waals surface area contributed by atoms with Crippen LogP contribution in [-0.2, 0) is 14.8 Å². The van der Waals surface area contributed by atoms with Gasteiger partial charge < -0.3 is 5.32 Å². The molecule has 0 aromatic heterocycles. The van der Waals surface area contributed by atoms with Gasteiger partial charge in [-0.25, -0.2) is 8.42 Å². The van der Waals surface area contributed by atoms with Crippen LogP contribution in [0.3, 0.4) is 0 Å². The van der Waals surface area contributed by atoms with Gasteiger partial charge in [0, 0.05) is 30.0 Å². The van der Waals surface area contributed by atoms with E-state index in [1.165, 1.54) is 4.31 Å². The molecule has 128 valence electrons. The number of halogens is 1. The molecule has 1 heterocycles. The predicted octanol–water partition coefficient (Wildman–Crippen LogP) is 2.62. The minimum absolute atomic E-state index is 0.0411. The van der Waals surface area contributed by atoms with Gasteiger partial charge in [0.25, 0.3) is 0 Å². The zero-order valence-electron chi connectivity index (χ0n) is 13.5. The van der Waals surface area contributed by atoms with Gasteiger partial charge in [0.15, 0.2) is 0 Å². The summed E-state index contributed by atoms with van der Waals surface area (Å²) >= 11 is 3.30. The topological polar surface area (TPSA) is 66.5 Å². The van der Waals surface area contributed by atoms with E-state index in [4.69, 9.17) is 0 Å². The summed E-state index contributed by atoms with van der Waals surface area (Å²) in [5.74, 6) is 0.362. The molecule has 1 aromatic rings. The van der Waals surface area contributed by atoms with Crippen LogP contribution in [0.1, 0.15) is 26.7 Å². The van der Waals surface area contributed by atoms with Gasteiger partial charge >= 0.3 is 0 Å². The average molecular weight is 403 g/mol. The maximum atomic E-state index is 12.6. The summed E-state index contributed by atoms with van der Waals surface area (Å²) in [5.41, 5.74) is 0. The lowest BCUT2D eigenvalue weighted by molar-refractivity contribution is -0.126.